The predicted octanol–water partition coefficient (Wildman–Crippen LogP) is 6.23. The lowest BCUT2D eigenvalue weighted by atomic mass is 10.2. The predicted molar refractivity (Wildman–Crippen MR) is 164 cm³/mol. The fourth-order valence-corrected chi connectivity index (χ4v) is 8.15. The number of aromatic nitrogens is 2. The van der Waals surface area contributed by atoms with Crippen LogP contribution in [0.4, 0.5) is 5.82 Å². The Labute approximate surface area is 242 Å². The molecule has 0 spiro atoms. The standard InChI is InChI=1S/C28H35N5O3S3/c1-5-10-23-31-24-26(39-23)20-13-8-9-14-21(20)29-27(24)30-22(35)15-16-33(32(3)17-34)28(36)25(37-4)18(2)38-19-11-6-7-12-19/h8-9,13-14,17,19H,5-7,10-12,15-16H2,1-4H3,(H,29,30,35)/b25-18-. The van der Waals surface area contributed by atoms with E-state index in [1.54, 1.807) is 23.1 Å². The van der Waals surface area contributed by atoms with Crippen molar-refractivity contribution in [2.75, 3.05) is 25.2 Å². The largest absolute Gasteiger partial charge is 0.309 e. The number of pyridine rings is 1. The number of hydrazine groups is 1. The van der Waals surface area contributed by atoms with Crippen LogP contribution in [-0.2, 0) is 20.8 Å². The minimum absolute atomic E-state index is 0.00233. The van der Waals surface area contributed by atoms with Crippen molar-refractivity contribution in [1.29, 1.82) is 0 Å². The van der Waals surface area contributed by atoms with Crippen LogP contribution in [0.3, 0.4) is 0 Å². The van der Waals surface area contributed by atoms with Gasteiger partial charge in [-0.15, -0.1) is 34.9 Å². The van der Waals surface area contributed by atoms with Crippen molar-refractivity contribution in [2.24, 2.45) is 0 Å². The summed E-state index contributed by atoms with van der Waals surface area (Å²) < 4.78 is 1.00. The lowest BCUT2D eigenvalue weighted by Gasteiger charge is -2.30. The lowest BCUT2D eigenvalue weighted by Crippen LogP contribution is -2.45. The number of aryl methyl sites for hydroxylation is 1. The minimum Gasteiger partial charge on any atom is -0.309 e. The van der Waals surface area contributed by atoms with Crippen LogP contribution < -0.4 is 5.32 Å². The number of para-hydroxylation sites is 1. The van der Waals surface area contributed by atoms with E-state index in [1.807, 2.05) is 37.4 Å². The Balaban J connectivity index is 1.52. The van der Waals surface area contributed by atoms with Crippen LogP contribution >= 0.6 is 34.9 Å². The highest BCUT2D eigenvalue weighted by Crippen LogP contribution is 2.38. The van der Waals surface area contributed by atoms with Gasteiger partial charge in [-0.05, 0) is 44.9 Å². The molecule has 1 aliphatic carbocycles. The van der Waals surface area contributed by atoms with E-state index in [1.165, 1.54) is 41.7 Å². The molecule has 1 saturated carbocycles. The number of nitrogens with zero attached hydrogens (tertiary/aromatic N) is 4. The highest BCUT2D eigenvalue weighted by molar-refractivity contribution is 8.07. The van der Waals surface area contributed by atoms with Crippen LogP contribution in [0.1, 0.15) is 57.4 Å². The van der Waals surface area contributed by atoms with E-state index in [0.29, 0.717) is 27.9 Å². The summed E-state index contributed by atoms with van der Waals surface area (Å²) in [6.45, 7) is 4.14. The Hall–Kier alpha value is -2.63. The van der Waals surface area contributed by atoms with E-state index in [0.717, 1.165) is 51.2 Å². The second kappa shape index (κ2) is 13.6. The van der Waals surface area contributed by atoms with Gasteiger partial charge in [0.25, 0.3) is 5.91 Å². The molecule has 0 saturated heterocycles. The molecule has 1 fully saturated rings. The number of benzene rings is 1. The van der Waals surface area contributed by atoms with Crippen LogP contribution in [0, 0.1) is 0 Å². The number of thioether (sulfide) groups is 2. The van der Waals surface area contributed by atoms with E-state index in [-0.39, 0.29) is 24.8 Å². The first-order valence-electron chi connectivity index (χ1n) is 13.3. The normalized spacial score (nSPS) is 14.5. The van der Waals surface area contributed by atoms with E-state index in [2.05, 4.69) is 12.2 Å². The number of nitrogens with one attached hydrogen (secondary N) is 1. The molecule has 2 heterocycles. The van der Waals surface area contributed by atoms with Crippen LogP contribution in [-0.4, -0.2) is 63.3 Å². The molecule has 39 heavy (non-hydrogen) atoms. The number of hydrogen-bond donors (Lipinski definition) is 1. The number of fused-ring (bicyclic) bond motifs is 3. The molecule has 0 radical (unpaired) electrons. The van der Waals surface area contributed by atoms with Crippen molar-refractivity contribution in [1.82, 2.24) is 20.0 Å². The molecule has 3 aromatic rings. The van der Waals surface area contributed by atoms with Crippen LogP contribution in [0.25, 0.3) is 21.1 Å². The quantitative estimate of drug-likeness (QED) is 0.153. The number of amides is 3. The van der Waals surface area contributed by atoms with Gasteiger partial charge in [-0.1, -0.05) is 38.0 Å². The van der Waals surface area contributed by atoms with Gasteiger partial charge in [0.05, 0.1) is 26.7 Å². The molecule has 4 rings (SSSR count). The highest BCUT2D eigenvalue weighted by atomic mass is 32.2. The average molecular weight is 586 g/mol. The molecular formula is C28H35N5O3S3. The Bertz CT molecular complexity index is 1380. The molecule has 3 amide bonds. The van der Waals surface area contributed by atoms with Gasteiger partial charge in [0.15, 0.2) is 5.82 Å². The number of anilines is 1. The number of allylic oxidation sites excluding steroid dienone is 1. The Morgan fingerprint density at radius 1 is 1.21 bits per heavy atom. The molecule has 0 unspecified atom stereocenters. The summed E-state index contributed by atoms with van der Waals surface area (Å²) in [5.74, 6) is -0.154. The monoisotopic (exact) mass is 585 g/mol. The van der Waals surface area contributed by atoms with Crippen molar-refractivity contribution >= 4 is 80.0 Å². The first-order valence-corrected chi connectivity index (χ1v) is 16.2. The summed E-state index contributed by atoms with van der Waals surface area (Å²) in [6.07, 6.45) is 9.06. The van der Waals surface area contributed by atoms with Crippen molar-refractivity contribution < 1.29 is 14.4 Å². The third-order valence-corrected chi connectivity index (χ3v) is 10.2. The average Bonchev–Trinajstić information content (AvgIpc) is 3.59. The van der Waals surface area contributed by atoms with E-state index < -0.39 is 0 Å². The molecule has 1 N–H and O–H groups in total. The molecule has 1 aliphatic rings. The van der Waals surface area contributed by atoms with Crippen molar-refractivity contribution in [3.63, 3.8) is 0 Å². The molecule has 0 aliphatic heterocycles. The zero-order valence-corrected chi connectivity index (χ0v) is 25.3. The molecular weight excluding hydrogens is 551 g/mol. The van der Waals surface area contributed by atoms with Crippen LogP contribution in [0.15, 0.2) is 34.1 Å². The summed E-state index contributed by atoms with van der Waals surface area (Å²) in [4.78, 5) is 49.3. The lowest BCUT2D eigenvalue weighted by molar-refractivity contribution is -0.150. The molecule has 2 aromatic heterocycles. The smallest absolute Gasteiger partial charge is 0.279 e. The zero-order valence-electron chi connectivity index (χ0n) is 22.9. The van der Waals surface area contributed by atoms with Gasteiger partial charge in [0.2, 0.25) is 12.3 Å². The SMILES string of the molecule is CCCc1nc2c(NC(=O)CCN(C(=O)/C(SC)=C(\C)SC3CCCC3)N(C)C=O)nc3ccccc3c2s1. The van der Waals surface area contributed by atoms with E-state index in [4.69, 9.17) is 9.97 Å². The summed E-state index contributed by atoms with van der Waals surface area (Å²) in [5.41, 5.74) is 1.47. The highest BCUT2D eigenvalue weighted by Gasteiger charge is 2.26. The fraction of sp³-hybridized carbons (Fsp3) is 0.464. The number of rotatable bonds is 12. The van der Waals surface area contributed by atoms with Crippen molar-refractivity contribution in [3.05, 3.63) is 39.1 Å². The summed E-state index contributed by atoms with van der Waals surface area (Å²) in [6, 6.07) is 7.84. The van der Waals surface area contributed by atoms with Crippen LogP contribution in [0.5, 0.6) is 0 Å². The molecule has 11 heteroatoms. The number of hydrogen-bond acceptors (Lipinski definition) is 8. The van der Waals surface area contributed by atoms with E-state index in [9.17, 15) is 14.4 Å². The summed E-state index contributed by atoms with van der Waals surface area (Å²) in [5, 5.41) is 8.02. The second-order valence-electron chi connectivity index (χ2n) is 9.53. The van der Waals surface area contributed by atoms with Gasteiger partial charge in [0.1, 0.15) is 5.52 Å². The molecule has 8 nitrogen and oxygen atoms in total. The van der Waals surface area contributed by atoms with Gasteiger partial charge >= 0.3 is 0 Å². The Morgan fingerprint density at radius 3 is 2.64 bits per heavy atom. The van der Waals surface area contributed by atoms with Gasteiger partial charge in [-0.25, -0.2) is 15.0 Å². The molecule has 208 valence electrons. The maximum Gasteiger partial charge on any atom is 0.279 e. The minimum atomic E-state index is -0.298. The maximum absolute atomic E-state index is 13.5. The molecule has 0 atom stereocenters. The third kappa shape index (κ3) is 6.93. The Kier molecular flexibility index (Phi) is 10.3. The summed E-state index contributed by atoms with van der Waals surface area (Å²) in [7, 11) is 1.53. The van der Waals surface area contributed by atoms with Gasteiger partial charge in [0, 0.05) is 29.0 Å². The second-order valence-corrected chi connectivity index (χ2v) is 12.9. The van der Waals surface area contributed by atoms with Crippen molar-refractivity contribution in [2.45, 2.75) is 64.0 Å². The first kappa shape index (κ1) is 29.4. The zero-order chi connectivity index (χ0) is 27.9. The topological polar surface area (TPSA) is 95.5 Å². The summed E-state index contributed by atoms with van der Waals surface area (Å²) >= 11 is 4.76. The third-order valence-electron chi connectivity index (χ3n) is 6.68. The number of thiazole rings is 1. The number of carbonyl (C=O) groups is 3. The van der Waals surface area contributed by atoms with E-state index >= 15 is 0 Å². The number of carbonyl (C=O) groups excluding carboxylic acids is 3. The molecule has 0 bridgehead atoms. The van der Waals surface area contributed by atoms with Crippen LogP contribution in [0.2, 0.25) is 0 Å². The molecule has 1 aromatic carbocycles. The first-order chi connectivity index (χ1) is 18.9. The fourth-order valence-electron chi connectivity index (χ4n) is 4.72. The maximum atomic E-state index is 13.5. The van der Waals surface area contributed by atoms with Gasteiger partial charge in [-0.3, -0.25) is 19.4 Å². The van der Waals surface area contributed by atoms with Gasteiger partial charge in [-0.2, -0.15) is 0 Å². The van der Waals surface area contributed by atoms with Crippen molar-refractivity contribution in [3.8, 4) is 0 Å². The Morgan fingerprint density at radius 2 is 1.95 bits per heavy atom. The van der Waals surface area contributed by atoms with Gasteiger partial charge < -0.3 is 5.32 Å².